The van der Waals surface area contributed by atoms with Crippen molar-refractivity contribution in [1.82, 2.24) is 20.6 Å². The Morgan fingerprint density at radius 3 is 1.52 bits per heavy atom. The van der Waals surface area contributed by atoms with Crippen LogP contribution in [-0.2, 0) is 22.3 Å². The minimum atomic E-state index is -0.407. The number of hydrogen-bond donors (Lipinski definition) is 2. The zero-order valence-electron chi connectivity index (χ0n) is 16.5. The number of carbonyl (C=O) groups is 2. The molecule has 2 rings (SSSR count). The summed E-state index contributed by atoms with van der Waals surface area (Å²) in [6.07, 6.45) is 9.90. The van der Waals surface area contributed by atoms with Gasteiger partial charge in [0.05, 0.1) is 13.2 Å². The standard InChI is InChI=1S/C21H28N4O4/c26-20(28-16-8-18-4-12-22-13-5-18)24-10-2-1-3-11-25-21(27)29-17-9-19-6-14-23-15-7-19/h4-7,12-15H,1-3,8-11,16-17H2,(H,24,26)(H,25,27). The Morgan fingerprint density at radius 2 is 1.10 bits per heavy atom. The summed E-state index contributed by atoms with van der Waals surface area (Å²) in [5.74, 6) is 0. The third-order valence-corrected chi connectivity index (χ3v) is 4.14. The molecular formula is C21H28N4O4. The summed E-state index contributed by atoms with van der Waals surface area (Å²) in [5, 5.41) is 5.44. The first-order chi connectivity index (χ1) is 14.2. The average Bonchev–Trinajstić information content (AvgIpc) is 2.74. The van der Waals surface area contributed by atoms with Crippen LogP contribution in [0.15, 0.2) is 49.1 Å². The molecule has 29 heavy (non-hydrogen) atoms. The molecule has 2 heterocycles. The van der Waals surface area contributed by atoms with E-state index < -0.39 is 12.2 Å². The quantitative estimate of drug-likeness (QED) is 0.531. The molecule has 0 aliphatic carbocycles. The molecule has 8 heteroatoms. The van der Waals surface area contributed by atoms with Crippen LogP contribution in [0, 0.1) is 0 Å². The molecule has 0 bridgehead atoms. The molecule has 0 saturated heterocycles. The normalized spacial score (nSPS) is 10.2. The molecule has 0 saturated carbocycles. The molecule has 0 atom stereocenters. The first-order valence-electron chi connectivity index (χ1n) is 9.83. The van der Waals surface area contributed by atoms with Gasteiger partial charge in [0.1, 0.15) is 0 Å². The highest BCUT2D eigenvalue weighted by Crippen LogP contribution is 1.99. The highest BCUT2D eigenvalue weighted by molar-refractivity contribution is 5.67. The first kappa shape index (κ1) is 22.1. The lowest BCUT2D eigenvalue weighted by Gasteiger charge is -2.08. The van der Waals surface area contributed by atoms with Gasteiger partial charge >= 0.3 is 12.2 Å². The predicted octanol–water partition coefficient (Wildman–Crippen LogP) is 2.88. The van der Waals surface area contributed by atoms with Crippen LogP contribution < -0.4 is 10.6 Å². The average molecular weight is 400 g/mol. The third-order valence-electron chi connectivity index (χ3n) is 4.14. The largest absolute Gasteiger partial charge is 0.449 e. The lowest BCUT2D eigenvalue weighted by molar-refractivity contribution is 0.147. The number of carbonyl (C=O) groups excluding carboxylic acids is 2. The van der Waals surface area contributed by atoms with Gasteiger partial charge in [-0.2, -0.15) is 0 Å². The van der Waals surface area contributed by atoms with Gasteiger partial charge in [-0.05, 0) is 54.7 Å². The van der Waals surface area contributed by atoms with Crippen molar-refractivity contribution >= 4 is 12.2 Å². The van der Waals surface area contributed by atoms with E-state index >= 15 is 0 Å². The summed E-state index contributed by atoms with van der Waals surface area (Å²) < 4.78 is 10.3. The van der Waals surface area contributed by atoms with Gasteiger partial charge in [0.2, 0.25) is 0 Å². The molecule has 2 aromatic rings. The molecule has 0 radical (unpaired) electrons. The van der Waals surface area contributed by atoms with Crippen molar-refractivity contribution in [2.75, 3.05) is 26.3 Å². The van der Waals surface area contributed by atoms with Crippen LogP contribution >= 0.6 is 0 Å². The molecule has 0 aliphatic heterocycles. The van der Waals surface area contributed by atoms with Crippen molar-refractivity contribution < 1.29 is 19.1 Å². The summed E-state index contributed by atoms with van der Waals surface area (Å²) in [6.45, 7) is 1.76. The van der Waals surface area contributed by atoms with Crippen LogP contribution in [0.25, 0.3) is 0 Å². The number of alkyl carbamates (subject to hydrolysis) is 2. The Labute approximate surface area is 171 Å². The molecule has 0 spiro atoms. The fraction of sp³-hybridized carbons (Fsp3) is 0.429. The molecule has 0 unspecified atom stereocenters. The molecule has 156 valence electrons. The van der Waals surface area contributed by atoms with Crippen LogP contribution in [0.1, 0.15) is 30.4 Å². The molecular weight excluding hydrogens is 372 g/mol. The van der Waals surface area contributed by atoms with Gasteiger partial charge in [0.25, 0.3) is 0 Å². The Bertz CT molecular complexity index is 652. The number of ether oxygens (including phenoxy) is 2. The summed E-state index contributed by atoms with van der Waals surface area (Å²) in [5.41, 5.74) is 2.16. The fourth-order valence-corrected chi connectivity index (χ4v) is 2.53. The van der Waals surface area contributed by atoms with Gasteiger partial charge < -0.3 is 20.1 Å². The van der Waals surface area contributed by atoms with E-state index in [0.717, 1.165) is 30.4 Å². The molecule has 0 aromatic carbocycles. The van der Waals surface area contributed by atoms with Crippen LogP contribution in [0.2, 0.25) is 0 Å². The van der Waals surface area contributed by atoms with Crippen LogP contribution in [-0.4, -0.2) is 48.5 Å². The van der Waals surface area contributed by atoms with E-state index in [-0.39, 0.29) is 0 Å². The lowest BCUT2D eigenvalue weighted by Crippen LogP contribution is -2.27. The van der Waals surface area contributed by atoms with Gasteiger partial charge in [-0.25, -0.2) is 9.59 Å². The van der Waals surface area contributed by atoms with E-state index in [2.05, 4.69) is 20.6 Å². The number of unbranched alkanes of at least 4 members (excludes halogenated alkanes) is 2. The van der Waals surface area contributed by atoms with Crippen molar-refractivity contribution in [2.45, 2.75) is 32.1 Å². The molecule has 8 nitrogen and oxygen atoms in total. The Morgan fingerprint density at radius 1 is 0.690 bits per heavy atom. The molecule has 0 aliphatic rings. The van der Waals surface area contributed by atoms with Gasteiger partial charge in [-0.1, -0.05) is 0 Å². The minimum absolute atomic E-state index is 0.336. The number of nitrogens with one attached hydrogen (secondary N) is 2. The lowest BCUT2D eigenvalue weighted by atomic mass is 10.2. The predicted molar refractivity (Wildman–Crippen MR) is 108 cm³/mol. The van der Waals surface area contributed by atoms with Crippen molar-refractivity contribution in [3.05, 3.63) is 60.2 Å². The molecule has 2 N–H and O–H groups in total. The van der Waals surface area contributed by atoms with Crippen molar-refractivity contribution in [3.63, 3.8) is 0 Å². The Kier molecular flexibility index (Phi) is 10.6. The van der Waals surface area contributed by atoms with Crippen molar-refractivity contribution in [3.8, 4) is 0 Å². The summed E-state index contributed by atoms with van der Waals surface area (Å²) in [4.78, 5) is 31.1. The van der Waals surface area contributed by atoms with E-state index in [0.29, 0.717) is 39.1 Å². The third kappa shape index (κ3) is 10.7. The second-order valence-corrected chi connectivity index (χ2v) is 6.40. The smallest absolute Gasteiger partial charge is 0.407 e. The van der Waals surface area contributed by atoms with Gasteiger partial charge in [-0.3, -0.25) is 9.97 Å². The summed E-state index contributed by atoms with van der Waals surface area (Å²) >= 11 is 0. The first-order valence-corrected chi connectivity index (χ1v) is 9.83. The maximum atomic E-state index is 11.6. The Hall–Kier alpha value is -3.16. The van der Waals surface area contributed by atoms with Crippen LogP contribution in [0.4, 0.5) is 9.59 Å². The fourth-order valence-electron chi connectivity index (χ4n) is 2.53. The number of nitrogens with zero attached hydrogens (tertiary/aromatic N) is 2. The number of aromatic nitrogens is 2. The molecule has 2 amide bonds. The Balaban J connectivity index is 1.37. The maximum absolute atomic E-state index is 11.6. The number of pyridine rings is 2. The van der Waals surface area contributed by atoms with Crippen molar-refractivity contribution in [2.24, 2.45) is 0 Å². The van der Waals surface area contributed by atoms with E-state index in [4.69, 9.17) is 9.47 Å². The zero-order chi connectivity index (χ0) is 20.6. The minimum Gasteiger partial charge on any atom is -0.449 e. The van der Waals surface area contributed by atoms with Crippen molar-refractivity contribution in [1.29, 1.82) is 0 Å². The van der Waals surface area contributed by atoms with E-state index in [1.54, 1.807) is 24.8 Å². The van der Waals surface area contributed by atoms with Gasteiger partial charge in [0, 0.05) is 50.7 Å². The number of rotatable bonds is 12. The van der Waals surface area contributed by atoms with Gasteiger partial charge in [-0.15, -0.1) is 0 Å². The van der Waals surface area contributed by atoms with Crippen LogP contribution in [0.5, 0.6) is 0 Å². The second-order valence-electron chi connectivity index (χ2n) is 6.40. The monoisotopic (exact) mass is 400 g/mol. The van der Waals surface area contributed by atoms with E-state index in [9.17, 15) is 9.59 Å². The van der Waals surface area contributed by atoms with E-state index in [1.807, 2.05) is 24.3 Å². The highest BCUT2D eigenvalue weighted by atomic mass is 16.6. The number of amides is 2. The van der Waals surface area contributed by atoms with Crippen LogP contribution in [0.3, 0.4) is 0 Å². The molecule has 2 aromatic heterocycles. The number of hydrogen-bond acceptors (Lipinski definition) is 6. The second kappa shape index (κ2) is 13.9. The molecule has 0 fully saturated rings. The SMILES string of the molecule is O=C(NCCCCCNC(=O)OCCc1ccncc1)OCCc1ccncc1. The summed E-state index contributed by atoms with van der Waals surface area (Å²) in [7, 11) is 0. The maximum Gasteiger partial charge on any atom is 0.407 e. The highest BCUT2D eigenvalue weighted by Gasteiger charge is 2.03. The van der Waals surface area contributed by atoms with Gasteiger partial charge in [0.15, 0.2) is 0 Å². The zero-order valence-corrected chi connectivity index (χ0v) is 16.5. The summed E-state index contributed by atoms with van der Waals surface area (Å²) in [6, 6.07) is 7.58. The van der Waals surface area contributed by atoms with E-state index in [1.165, 1.54) is 0 Å². The topological polar surface area (TPSA) is 102 Å².